The van der Waals surface area contributed by atoms with Crippen LogP contribution in [0.25, 0.3) is 0 Å². The number of carbonyl (C=O) groups excluding carboxylic acids is 1. The van der Waals surface area contributed by atoms with Crippen molar-refractivity contribution in [3.8, 4) is 0 Å². The number of likely N-dealkylation sites (N-methyl/N-ethyl adjacent to an activating group) is 1. The van der Waals surface area contributed by atoms with Crippen LogP contribution in [0, 0.1) is 17.7 Å². The van der Waals surface area contributed by atoms with E-state index in [0.29, 0.717) is 12.1 Å². The Labute approximate surface area is 149 Å². The number of halogens is 1. The Hall–Kier alpha value is -1.50. The Morgan fingerprint density at radius 3 is 2.84 bits per heavy atom. The van der Waals surface area contributed by atoms with Crippen LogP contribution >= 0.6 is 0 Å². The highest BCUT2D eigenvalue weighted by Crippen LogP contribution is 2.35. The van der Waals surface area contributed by atoms with E-state index in [-0.39, 0.29) is 41.7 Å². The molecule has 1 aromatic carbocycles. The summed E-state index contributed by atoms with van der Waals surface area (Å²) in [7, 11) is 1.85. The van der Waals surface area contributed by atoms with Crippen molar-refractivity contribution >= 4 is 5.91 Å². The molecule has 0 spiro atoms. The molecule has 2 saturated heterocycles. The van der Waals surface area contributed by atoms with E-state index in [1.807, 2.05) is 24.1 Å². The SMILES string of the molecule is CC[C@H](C)[C@H](NC)C(=O)N1CCC2NNC(c3ccccc3F)C2C1. The molecule has 5 nitrogen and oxygen atoms in total. The maximum atomic E-state index is 14.2. The summed E-state index contributed by atoms with van der Waals surface area (Å²) < 4.78 is 14.2. The molecule has 0 aliphatic carbocycles. The highest BCUT2D eigenvalue weighted by molar-refractivity contribution is 5.82. The number of hydrazine groups is 1. The van der Waals surface area contributed by atoms with E-state index in [4.69, 9.17) is 0 Å². The standard InChI is InChI=1S/C19H29FN4O/c1-4-12(2)17(21-3)19(25)24-10-9-16-14(11-24)18(23-22-16)13-7-5-6-8-15(13)20/h5-8,12,14,16-18,21-23H,4,9-11H2,1-3H3/t12-,14?,16?,17-,18?/m0/s1. The van der Waals surface area contributed by atoms with Gasteiger partial charge in [-0.2, -0.15) is 0 Å². The third-order valence-electron chi connectivity index (χ3n) is 5.85. The van der Waals surface area contributed by atoms with Gasteiger partial charge in [0, 0.05) is 30.6 Å². The summed E-state index contributed by atoms with van der Waals surface area (Å²) in [6.07, 6.45) is 1.84. The summed E-state index contributed by atoms with van der Waals surface area (Å²) in [5.74, 6) is 0.426. The quantitative estimate of drug-likeness (QED) is 0.760. The number of piperidine rings is 1. The topological polar surface area (TPSA) is 56.4 Å². The van der Waals surface area contributed by atoms with Crippen LogP contribution in [-0.4, -0.2) is 43.0 Å². The van der Waals surface area contributed by atoms with Gasteiger partial charge in [-0.1, -0.05) is 38.5 Å². The predicted octanol–water partition coefficient (Wildman–Crippen LogP) is 1.83. The van der Waals surface area contributed by atoms with Gasteiger partial charge in [0.2, 0.25) is 5.91 Å². The van der Waals surface area contributed by atoms with E-state index >= 15 is 0 Å². The van der Waals surface area contributed by atoms with Crippen molar-refractivity contribution in [2.24, 2.45) is 11.8 Å². The Kier molecular flexibility index (Phi) is 5.71. The highest BCUT2D eigenvalue weighted by atomic mass is 19.1. The lowest BCUT2D eigenvalue weighted by Crippen LogP contribution is -2.54. The lowest BCUT2D eigenvalue weighted by molar-refractivity contribution is -0.136. The zero-order valence-corrected chi connectivity index (χ0v) is 15.3. The van der Waals surface area contributed by atoms with Gasteiger partial charge in [-0.15, -0.1) is 0 Å². The van der Waals surface area contributed by atoms with Gasteiger partial charge in [0.1, 0.15) is 5.82 Å². The van der Waals surface area contributed by atoms with Gasteiger partial charge in [0.25, 0.3) is 0 Å². The molecule has 0 radical (unpaired) electrons. The Morgan fingerprint density at radius 2 is 2.16 bits per heavy atom. The molecule has 2 heterocycles. The fourth-order valence-electron chi connectivity index (χ4n) is 4.12. The first-order valence-corrected chi connectivity index (χ1v) is 9.28. The van der Waals surface area contributed by atoms with Crippen molar-refractivity contribution in [1.82, 2.24) is 21.1 Å². The van der Waals surface area contributed by atoms with Crippen LogP contribution in [0.4, 0.5) is 4.39 Å². The van der Waals surface area contributed by atoms with Crippen molar-refractivity contribution in [3.63, 3.8) is 0 Å². The molecule has 1 aromatic rings. The first-order valence-electron chi connectivity index (χ1n) is 9.28. The Bertz CT molecular complexity index is 611. The molecule has 2 aliphatic heterocycles. The summed E-state index contributed by atoms with van der Waals surface area (Å²) in [6, 6.07) is 6.89. The number of hydrogen-bond acceptors (Lipinski definition) is 4. The zero-order chi connectivity index (χ0) is 18.0. The van der Waals surface area contributed by atoms with E-state index in [0.717, 1.165) is 19.4 Å². The van der Waals surface area contributed by atoms with Crippen molar-refractivity contribution in [2.45, 2.75) is 44.8 Å². The predicted molar refractivity (Wildman–Crippen MR) is 96.2 cm³/mol. The maximum absolute atomic E-state index is 14.2. The van der Waals surface area contributed by atoms with Crippen molar-refractivity contribution in [2.75, 3.05) is 20.1 Å². The molecule has 0 saturated carbocycles. The van der Waals surface area contributed by atoms with Gasteiger partial charge in [0.15, 0.2) is 0 Å². The minimum absolute atomic E-state index is 0.113. The number of nitrogens with one attached hydrogen (secondary N) is 3. The second-order valence-corrected chi connectivity index (χ2v) is 7.28. The molecule has 6 heteroatoms. The fourth-order valence-corrected chi connectivity index (χ4v) is 4.12. The molecule has 3 rings (SSSR count). The molecule has 2 aliphatic rings. The molecule has 138 valence electrons. The summed E-state index contributed by atoms with van der Waals surface area (Å²) in [5.41, 5.74) is 7.22. The average molecular weight is 348 g/mol. The van der Waals surface area contributed by atoms with Gasteiger partial charge in [-0.25, -0.2) is 9.82 Å². The third kappa shape index (κ3) is 3.57. The molecule has 2 fully saturated rings. The zero-order valence-electron chi connectivity index (χ0n) is 15.3. The van der Waals surface area contributed by atoms with E-state index in [9.17, 15) is 9.18 Å². The van der Waals surface area contributed by atoms with Crippen molar-refractivity contribution in [1.29, 1.82) is 0 Å². The number of likely N-dealkylation sites (tertiary alicyclic amines) is 1. The smallest absolute Gasteiger partial charge is 0.239 e. The number of hydrogen-bond donors (Lipinski definition) is 3. The molecular formula is C19H29FN4O. The van der Waals surface area contributed by atoms with Crippen molar-refractivity contribution in [3.05, 3.63) is 35.6 Å². The Balaban J connectivity index is 1.75. The van der Waals surface area contributed by atoms with E-state index in [1.54, 1.807) is 6.07 Å². The number of amides is 1. The number of benzene rings is 1. The van der Waals surface area contributed by atoms with Crippen molar-refractivity contribution < 1.29 is 9.18 Å². The summed E-state index contributed by atoms with van der Waals surface area (Å²) >= 11 is 0. The second-order valence-electron chi connectivity index (χ2n) is 7.28. The summed E-state index contributed by atoms with van der Waals surface area (Å²) in [4.78, 5) is 14.9. The van der Waals surface area contributed by atoms with Gasteiger partial charge in [-0.3, -0.25) is 10.2 Å². The Morgan fingerprint density at radius 1 is 1.40 bits per heavy atom. The number of rotatable bonds is 5. The number of nitrogens with zero attached hydrogens (tertiary/aromatic N) is 1. The first kappa shape index (κ1) is 18.3. The fraction of sp³-hybridized carbons (Fsp3) is 0.632. The first-order chi connectivity index (χ1) is 12.1. The van der Waals surface area contributed by atoms with Gasteiger partial charge < -0.3 is 10.2 Å². The molecule has 1 amide bonds. The number of carbonyl (C=O) groups is 1. The maximum Gasteiger partial charge on any atom is 0.239 e. The van der Waals surface area contributed by atoms with Crippen LogP contribution in [0.2, 0.25) is 0 Å². The van der Waals surface area contributed by atoms with Crippen LogP contribution in [0.1, 0.15) is 38.3 Å². The average Bonchev–Trinajstić information content (AvgIpc) is 3.05. The van der Waals surface area contributed by atoms with Gasteiger partial charge >= 0.3 is 0 Å². The largest absolute Gasteiger partial charge is 0.341 e. The van der Waals surface area contributed by atoms with Crippen LogP contribution in [0.15, 0.2) is 24.3 Å². The highest BCUT2D eigenvalue weighted by Gasteiger charge is 2.43. The van der Waals surface area contributed by atoms with E-state index < -0.39 is 0 Å². The normalized spacial score (nSPS) is 28.5. The minimum atomic E-state index is -0.196. The van der Waals surface area contributed by atoms with Crippen LogP contribution in [-0.2, 0) is 4.79 Å². The molecule has 25 heavy (non-hydrogen) atoms. The summed E-state index contributed by atoms with van der Waals surface area (Å²) in [5, 5.41) is 3.18. The second kappa shape index (κ2) is 7.81. The minimum Gasteiger partial charge on any atom is -0.341 e. The molecule has 3 N–H and O–H groups in total. The lowest BCUT2D eigenvalue weighted by atomic mass is 9.84. The molecule has 5 atom stereocenters. The van der Waals surface area contributed by atoms with Gasteiger partial charge in [0.05, 0.1) is 12.1 Å². The molecule has 3 unspecified atom stereocenters. The molecule has 0 bridgehead atoms. The number of fused-ring (bicyclic) bond motifs is 1. The van der Waals surface area contributed by atoms with Crippen LogP contribution < -0.4 is 16.2 Å². The van der Waals surface area contributed by atoms with Gasteiger partial charge in [-0.05, 0) is 25.5 Å². The van der Waals surface area contributed by atoms with E-state index in [1.165, 1.54) is 6.07 Å². The summed E-state index contributed by atoms with van der Waals surface area (Å²) in [6.45, 7) is 5.60. The lowest BCUT2D eigenvalue weighted by Gasteiger charge is -2.38. The van der Waals surface area contributed by atoms with E-state index in [2.05, 4.69) is 30.0 Å². The monoisotopic (exact) mass is 348 g/mol. The molecular weight excluding hydrogens is 319 g/mol. The van der Waals surface area contributed by atoms with Crippen LogP contribution in [0.5, 0.6) is 0 Å². The molecule has 0 aromatic heterocycles. The third-order valence-corrected chi connectivity index (χ3v) is 5.85. The van der Waals surface area contributed by atoms with Crippen LogP contribution in [0.3, 0.4) is 0 Å².